The Bertz CT molecular complexity index is 899. The molecule has 1 aromatic carbocycles. The van der Waals surface area contributed by atoms with Crippen LogP contribution in [0.2, 0.25) is 0 Å². The van der Waals surface area contributed by atoms with Crippen LogP contribution in [-0.4, -0.2) is 37.9 Å². The van der Waals surface area contributed by atoms with E-state index in [1.54, 1.807) is 19.1 Å². The number of aromatic nitrogens is 1. The van der Waals surface area contributed by atoms with Crippen LogP contribution >= 0.6 is 0 Å². The van der Waals surface area contributed by atoms with Crippen LogP contribution in [0.25, 0.3) is 10.9 Å². The molecule has 0 N–H and O–H groups in total. The molecule has 0 unspecified atom stereocenters. The van der Waals surface area contributed by atoms with Crippen molar-refractivity contribution < 1.29 is 17.9 Å². The fourth-order valence-electron chi connectivity index (χ4n) is 3.32. The number of aryl methyl sites for hydroxylation is 2. The molecule has 1 aliphatic rings. The van der Waals surface area contributed by atoms with E-state index < -0.39 is 16.0 Å². The summed E-state index contributed by atoms with van der Waals surface area (Å²) >= 11 is 0. The van der Waals surface area contributed by atoms with Crippen molar-refractivity contribution in [3.63, 3.8) is 0 Å². The van der Waals surface area contributed by atoms with Gasteiger partial charge in [-0.25, -0.2) is 13.2 Å². The monoisotopic (exact) mass is 350 g/mol. The van der Waals surface area contributed by atoms with E-state index >= 15 is 0 Å². The van der Waals surface area contributed by atoms with Crippen molar-refractivity contribution in [2.24, 2.45) is 7.05 Å². The van der Waals surface area contributed by atoms with Crippen LogP contribution in [0.1, 0.15) is 36.2 Å². The number of carbonyl (C=O) groups excluding carboxylic acids is 1. The second kappa shape index (κ2) is 6.12. The molecule has 1 aromatic heterocycles. The van der Waals surface area contributed by atoms with Crippen molar-refractivity contribution in [3.8, 4) is 0 Å². The summed E-state index contributed by atoms with van der Waals surface area (Å²) < 4.78 is 33.3. The first kappa shape index (κ1) is 16.8. The van der Waals surface area contributed by atoms with E-state index in [1.807, 2.05) is 24.7 Å². The topological polar surface area (TPSA) is 68.6 Å². The zero-order valence-electron chi connectivity index (χ0n) is 14.2. The highest BCUT2D eigenvalue weighted by Crippen LogP contribution is 2.35. The van der Waals surface area contributed by atoms with Gasteiger partial charge in [0.05, 0.1) is 29.1 Å². The van der Waals surface area contributed by atoms with Gasteiger partial charge in [0.25, 0.3) is 0 Å². The van der Waals surface area contributed by atoms with Gasteiger partial charge in [-0.15, -0.1) is 0 Å². The molecule has 7 heteroatoms. The maximum atomic E-state index is 12.4. The number of hydrogen-bond acceptors (Lipinski definition) is 4. The normalized spacial score (nSPS) is 16.7. The Morgan fingerprint density at radius 3 is 2.62 bits per heavy atom. The van der Waals surface area contributed by atoms with Gasteiger partial charge in [-0.3, -0.25) is 4.31 Å². The third-order valence-electron chi connectivity index (χ3n) is 4.40. The number of ether oxygens (including phenoxy) is 1. The lowest BCUT2D eigenvalue weighted by Crippen LogP contribution is -2.26. The number of carbonyl (C=O) groups is 1. The van der Waals surface area contributed by atoms with E-state index in [0.717, 1.165) is 22.9 Å². The Kier molecular flexibility index (Phi) is 4.29. The Morgan fingerprint density at radius 1 is 1.29 bits per heavy atom. The van der Waals surface area contributed by atoms with Gasteiger partial charge in [-0.2, -0.15) is 0 Å². The van der Waals surface area contributed by atoms with E-state index in [0.29, 0.717) is 24.2 Å². The summed E-state index contributed by atoms with van der Waals surface area (Å²) in [4.78, 5) is 12.2. The van der Waals surface area contributed by atoms with Crippen LogP contribution in [0, 0.1) is 0 Å². The van der Waals surface area contributed by atoms with E-state index in [1.165, 1.54) is 4.31 Å². The first-order valence-corrected chi connectivity index (χ1v) is 9.79. The number of nitrogens with zero attached hydrogens (tertiary/aromatic N) is 2. The number of hydrogen-bond donors (Lipinski definition) is 0. The predicted octanol–water partition coefficient (Wildman–Crippen LogP) is 2.46. The highest BCUT2D eigenvalue weighted by molar-refractivity contribution is 7.93. The molecular weight excluding hydrogens is 328 g/mol. The van der Waals surface area contributed by atoms with Crippen molar-refractivity contribution in [1.29, 1.82) is 0 Å². The third kappa shape index (κ3) is 2.66. The van der Waals surface area contributed by atoms with Gasteiger partial charge in [0, 0.05) is 25.2 Å². The molecule has 0 saturated carbocycles. The highest BCUT2D eigenvalue weighted by Gasteiger charge is 2.31. The number of fused-ring (bicyclic) bond motifs is 1. The van der Waals surface area contributed by atoms with Crippen LogP contribution in [-0.2, 0) is 28.2 Å². The minimum absolute atomic E-state index is 0.142. The Balaban J connectivity index is 2.29. The Morgan fingerprint density at radius 2 is 2.04 bits per heavy atom. The molecule has 3 rings (SSSR count). The molecule has 0 radical (unpaired) electrons. The van der Waals surface area contributed by atoms with Crippen LogP contribution in [0.3, 0.4) is 0 Å². The average molecular weight is 350 g/mol. The maximum absolute atomic E-state index is 12.4. The summed E-state index contributed by atoms with van der Waals surface area (Å²) in [6.07, 6.45) is 3.39. The average Bonchev–Trinajstić information content (AvgIpc) is 3.06. The molecule has 1 fully saturated rings. The lowest BCUT2D eigenvalue weighted by molar-refractivity contribution is 0.0526. The molecule has 2 heterocycles. The van der Waals surface area contributed by atoms with Gasteiger partial charge < -0.3 is 9.30 Å². The minimum Gasteiger partial charge on any atom is -0.462 e. The Labute approximate surface area is 142 Å². The number of esters is 1. The zero-order chi connectivity index (χ0) is 17.5. The summed E-state index contributed by atoms with van der Waals surface area (Å²) in [7, 11) is -1.43. The molecule has 6 nitrogen and oxygen atoms in total. The van der Waals surface area contributed by atoms with Gasteiger partial charge in [0.1, 0.15) is 0 Å². The second-order valence-corrected chi connectivity index (χ2v) is 7.99. The van der Waals surface area contributed by atoms with E-state index in [9.17, 15) is 13.2 Å². The summed E-state index contributed by atoms with van der Waals surface area (Å²) in [6, 6.07) is 3.45. The SMILES string of the molecule is CCOC(=O)c1cc(N2CCCS2(=O)=O)c2c(c1)c(CC)cn2C. The van der Waals surface area contributed by atoms with Crippen molar-refractivity contribution in [3.05, 3.63) is 29.5 Å². The molecular formula is C17H22N2O4S. The standard InChI is InChI=1S/C17H22N2O4S/c1-4-12-11-18(3)16-14(12)9-13(17(20)23-5-2)10-15(16)19-7-6-8-24(19,21)22/h9-11H,4-8H2,1-3H3. The molecule has 0 bridgehead atoms. The van der Waals surface area contributed by atoms with Crippen LogP contribution < -0.4 is 4.31 Å². The second-order valence-electron chi connectivity index (χ2n) is 5.97. The zero-order valence-corrected chi connectivity index (χ0v) is 15.0. The van der Waals surface area contributed by atoms with Gasteiger partial charge in [-0.1, -0.05) is 6.92 Å². The fourth-order valence-corrected chi connectivity index (χ4v) is 4.88. The molecule has 24 heavy (non-hydrogen) atoms. The third-order valence-corrected chi connectivity index (χ3v) is 6.25. The molecule has 2 aromatic rings. The molecule has 0 atom stereocenters. The molecule has 0 spiro atoms. The van der Waals surface area contributed by atoms with Crippen molar-refractivity contribution in [2.75, 3.05) is 23.2 Å². The molecule has 130 valence electrons. The molecule has 1 saturated heterocycles. The fraction of sp³-hybridized carbons (Fsp3) is 0.471. The van der Waals surface area contributed by atoms with Crippen LogP contribution in [0.15, 0.2) is 18.3 Å². The van der Waals surface area contributed by atoms with Gasteiger partial charge in [0.2, 0.25) is 10.0 Å². The van der Waals surface area contributed by atoms with Gasteiger partial charge in [0.15, 0.2) is 0 Å². The van der Waals surface area contributed by atoms with Gasteiger partial charge >= 0.3 is 5.97 Å². The summed E-state index contributed by atoms with van der Waals surface area (Å²) in [5.41, 5.74) is 2.87. The van der Waals surface area contributed by atoms with Crippen LogP contribution in [0.5, 0.6) is 0 Å². The quantitative estimate of drug-likeness (QED) is 0.795. The lowest BCUT2D eigenvalue weighted by Gasteiger charge is -2.20. The van der Waals surface area contributed by atoms with E-state index in [-0.39, 0.29) is 12.4 Å². The number of benzene rings is 1. The van der Waals surface area contributed by atoms with Crippen LogP contribution in [0.4, 0.5) is 5.69 Å². The predicted molar refractivity (Wildman–Crippen MR) is 94.0 cm³/mol. The number of sulfonamides is 1. The molecule has 0 amide bonds. The number of rotatable bonds is 4. The molecule has 0 aliphatic carbocycles. The van der Waals surface area contributed by atoms with Crippen molar-refractivity contribution in [2.45, 2.75) is 26.7 Å². The van der Waals surface area contributed by atoms with E-state index in [2.05, 4.69) is 0 Å². The summed E-state index contributed by atoms with van der Waals surface area (Å²) in [6.45, 7) is 4.51. The minimum atomic E-state index is -3.33. The lowest BCUT2D eigenvalue weighted by atomic mass is 10.1. The maximum Gasteiger partial charge on any atom is 0.338 e. The first-order valence-electron chi connectivity index (χ1n) is 8.18. The summed E-state index contributed by atoms with van der Waals surface area (Å²) in [5.74, 6) is -0.286. The van der Waals surface area contributed by atoms with Gasteiger partial charge in [-0.05, 0) is 37.5 Å². The number of anilines is 1. The van der Waals surface area contributed by atoms with Crippen molar-refractivity contribution >= 4 is 32.6 Å². The smallest absolute Gasteiger partial charge is 0.338 e. The van der Waals surface area contributed by atoms with Crippen molar-refractivity contribution in [1.82, 2.24) is 4.57 Å². The Hall–Kier alpha value is -2.02. The molecule has 1 aliphatic heterocycles. The van der Waals surface area contributed by atoms with E-state index in [4.69, 9.17) is 4.74 Å². The largest absolute Gasteiger partial charge is 0.462 e. The highest BCUT2D eigenvalue weighted by atomic mass is 32.2. The first-order chi connectivity index (χ1) is 11.4. The summed E-state index contributed by atoms with van der Waals surface area (Å²) in [5, 5.41) is 0.905.